The Balaban J connectivity index is 1.96. The first-order valence-electron chi connectivity index (χ1n) is 6.76. The summed E-state index contributed by atoms with van der Waals surface area (Å²) in [5, 5.41) is 3.62. The van der Waals surface area contributed by atoms with E-state index in [1.54, 1.807) is 6.07 Å². The van der Waals surface area contributed by atoms with Gasteiger partial charge in [-0.1, -0.05) is 41.9 Å². The Bertz CT molecular complexity index is 677. The van der Waals surface area contributed by atoms with E-state index < -0.39 is 10.8 Å². The van der Waals surface area contributed by atoms with E-state index in [2.05, 4.69) is 5.32 Å². The van der Waals surface area contributed by atoms with Crippen molar-refractivity contribution >= 4 is 22.4 Å². The fourth-order valence-corrected chi connectivity index (χ4v) is 4.52. The van der Waals surface area contributed by atoms with Gasteiger partial charge in [-0.2, -0.15) is 0 Å². The maximum Gasteiger partial charge on any atom is 0.124 e. The number of hydrogen-bond donors (Lipinski definition) is 1. The van der Waals surface area contributed by atoms with E-state index in [0.717, 1.165) is 11.3 Å². The summed E-state index contributed by atoms with van der Waals surface area (Å²) in [6.45, 7) is 0.403. The van der Waals surface area contributed by atoms with E-state index in [1.807, 2.05) is 49.5 Å². The molecular weight excluding hydrogens is 306 g/mol. The van der Waals surface area contributed by atoms with E-state index in [-0.39, 0.29) is 11.3 Å². The van der Waals surface area contributed by atoms with Crippen LogP contribution in [-0.4, -0.2) is 23.1 Å². The van der Waals surface area contributed by atoms with Gasteiger partial charge in [-0.15, -0.1) is 0 Å². The Morgan fingerprint density at radius 3 is 2.67 bits per heavy atom. The number of benzene rings is 2. The Labute approximate surface area is 131 Å². The Hall–Kier alpha value is -1.36. The smallest absolute Gasteiger partial charge is 0.124 e. The van der Waals surface area contributed by atoms with Gasteiger partial charge in [-0.25, -0.2) is 0 Å². The van der Waals surface area contributed by atoms with Crippen molar-refractivity contribution in [3.05, 3.63) is 59.1 Å². The minimum Gasteiger partial charge on any atom is -0.492 e. The van der Waals surface area contributed by atoms with Crippen LogP contribution in [0.4, 0.5) is 0 Å². The van der Waals surface area contributed by atoms with Gasteiger partial charge in [0.05, 0.1) is 32.0 Å². The second-order valence-corrected chi connectivity index (χ2v) is 6.93. The van der Waals surface area contributed by atoms with Gasteiger partial charge in [-0.05, 0) is 25.2 Å². The zero-order chi connectivity index (χ0) is 14.8. The van der Waals surface area contributed by atoms with Crippen LogP contribution in [0.25, 0.3) is 0 Å². The monoisotopic (exact) mass is 321 g/mol. The Morgan fingerprint density at radius 1 is 1.19 bits per heavy atom. The Morgan fingerprint density at radius 2 is 1.90 bits per heavy atom. The second-order valence-electron chi connectivity index (χ2n) is 4.88. The molecule has 1 aliphatic heterocycles. The number of ether oxygens (including phenoxy) is 1. The number of nitrogens with one attached hydrogen (secondary N) is 1. The highest BCUT2D eigenvalue weighted by atomic mass is 35.5. The number of fused-ring (bicyclic) bond motifs is 1. The van der Waals surface area contributed by atoms with Crippen LogP contribution >= 0.6 is 11.6 Å². The zero-order valence-corrected chi connectivity index (χ0v) is 13.2. The SMILES string of the molecule is CNC1c2ccccc2OCC1S(=O)c1ccccc1Cl. The molecule has 3 rings (SSSR count). The van der Waals surface area contributed by atoms with Gasteiger partial charge in [0.1, 0.15) is 12.4 Å². The van der Waals surface area contributed by atoms with Crippen LogP contribution in [-0.2, 0) is 10.8 Å². The van der Waals surface area contributed by atoms with Crippen molar-refractivity contribution in [3.8, 4) is 5.75 Å². The highest BCUT2D eigenvalue weighted by molar-refractivity contribution is 7.86. The minimum atomic E-state index is -1.24. The lowest BCUT2D eigenvalue weighted by Crippen LogP contribution is -2.40. The third-order valence-corrected chi connectivity index (χ3v) is 5.86. The molecule has 21 heavy (non-hydrogen) atoms. The predicted molar refractivity (Wildman–Crippen MR) is 85.4 cm³/mol. The average molecular weight is 322 g/mol. The topological polar surface area (TPSA) is 38.3 Å². The lowest BCUT2D eigenvalue weighted by atomic mass is 10.0. The molecule has 0 bridgehead atoms. The van der Waals surface area contributed by atoms with Crippen LogP contribution < -0.4 is 10.1 Å². The van der Waals surface area contributed by atoms with Gasteiger partial charge < -0.3 is 10.1 Å². The third-order valence-electron chi connectivity index (χ3n) is 3.67. The number of halogens is 1. The molecule has 0 spiro atoms. The molecule has 5 heteroatoms. The molecule has 1 heterocycles. The molecule has 0 saturated carbocycles. The van der Waals surface area contributed by atoms with Crippen molar-refractivity contribution in [3.63, 3.8) is 0 Å². The maximum atomic E-state index is 12.9. The number of para-hydroxylation sites is 1. The molecule has 0 fully saturated rings. The van der Waals surface area contributed by atoms with E-state index in [0.29, 0.717) is 16.5 Å². The molecule has 2 aromatic rings. The molecule has 0 aliphatic carbocycles. The van der Waals surface area contributed by atoms with E-state index in [9.17, 15) is 4.21 Å². The third kappa shape index (κ3) is 2.71. The lowest BCUT2D eigenvalue weighted by molar-refractivity contribution is 0.262. The molecule has 2 aromatic carbocycles. The molecule has 3 atom stereocenters. The average Bonchev–Trinajstić information content (AvgIpc) is 2.53. The van der Waals surface area contributed by atoms with Crippen molar-refractivity contribution in [2.24, 2.45) is 0 Å². The van der Waals surface area contributed by atoms with Gasteiger partial charge in [-0.3, -0.25) is 4.21 Å². The van der Waals surface area contributed by atoms with Gasteiger partial charge >= 0.3 is 0 Å². The quantitative estimate of drug-likeness (QED) is 0.943. The molecule has 1 aliphatic rings. The molecule has 0 aromatic heterocycles. The summed E-state index contributed by atoms with van der Waals surface area (Å²) in [7, 11) is 0.640. The fraction of sp³-hybridized carbons (Fsp3) is 0.250. The van der Waals surface area contributed by atoms with Crippen molar-refractivity contribution in [1.82, 2.24) is 5.32 Å². The molecule has 0 radical (unpaired) electrons. The first-order chi connectivity index (χ1) is 10.2. The van der Waals surface area contributed by atoms with Gasteiger partial charge in [0.25, 0.3) is 0 Å². The molecular formula is C16H16ClNO2S. The van der Waals surface area contributed by atoms with E-state index >= 15 is 0 Å². The van der Waals surface area contributed by atoms with Gasteiger partial charge in [0.15, 0.2) is 0 Å². The van der Waals surface area contributed by atoms with Crippen LogP contribution in [0, 0.1) is 0 Å². The van der Waals surface area contributed by atoms with Crippen molar-refractivity contribution in [2.75, 3.05) is 13.7 Å². The zero-order valence-electron chi connectivity index (χ0n) is 11.6. The highest BCUT2D eigenvalue weighted by Crippen LogP contribution is 2.36. The Kier molecular flexibility index (Phi) is 4.29. The predicted octanol–water partition coefficient (Wildman–Crippen LogP) is 3.17. The summed E-state index contributed by atoms with van der Waals surface area (Å²) < 4.78 is 18.7. The summed E-state index contributed by atoms with van der Waals surface area (Å²) in [5.41, 5.74) is 1.04. The maximum absolute atomic E-state index is 12.9. The van der Waals surface area contributed by atoms with Crippen LogP contribution in [0.2, 0.25) is 5.02 Å². The summed E-state index contributed by atoms with van der Waals surface area (Å²) in [5.74, 6) is 0.851. The summed E-state index contributed by atoms with van der Waals surface area (Å²) >= 11 is 6.18. The largest absolute Gasteiger partial charge is 0.492 e. The standard InChI is InChI=1S/C16H16ClNO2S/c1-18-16-11-6-2-4-8-13(11)20-10-15(16)21(19)14-9-5-3-7-12(14)17/h2-9,15-16,18H,10H2,1H3. The second kappa shape index (κ2) is 6.18. The van der Waals surface area contributed by atoms with Crippen LogP contribution in [0.3, 0.4) is 0 Å². The van der Waals surface area contributed by atoms with E-state index in [1.165, 1.54) is 0 Å². The number of rotatable bonds is 3. The molecule has 0 amide bonds. The lowest BCUT2D eigenvalue weighted by Gasteiger charge is -2.32. The van der Waals surface area contributed by atoms with Crippen LogP contribution in [0.15, 0.2) is 53.4 Å². The minimum absolute atomic E-state index is 0.0212. The summed E-state index contributed by atoms with van der Waals surface area (Å²) in [6.07, 6.45) is 0. The van der Waals surface area contributed by atoms with Gasteiger partial charge in [0.2, 0.25) is 0 Å². The van der Waals surface area contributed by atoms with Crippen LogP contribution in [0.1, 0.15) is 11.6 Å². The van der Waals surface area contributed by atoms with Crippen molar-refractivity contribution in [2.45, 2.75) is 16.2 Å². The summed E-state index contributed by atoms with van der Waals surface area (Å²) in [4.78, 5) is 0.660. The fourth-order valence-electron chi connectivity index (χ4n) is 2.64. The molecule has 3 unspecified atom stereocenters. The first-order valence-corrected chi connectivity index (χ1v) is 8.35. The molecule has 110 valence electrons. The van der Waals surface area contributed by atoms with Gasteiger partial charge in [0, 0.05) is 5.56 Å². The van der Waals surface area contributed by atoms with Crippen molar-refractivity contribution < 1.29 is 8.95 Å². The van der Waals surface area contributed by atoms with Crippen LogP contribution in [0.5, 0.6) is 5.75 Å². The van der Waals surface area contributed by atoms with Crippen molar-refractivity contribution in [1.29, 1.82) is 0 Å². The molecule has 1 N–H and O–H groups in total. The normalized spacial score (nSPS) is 22.2. The summed E-state index contributed by atoms with van der Waals surface area (Å²) in [6, 6.07) is 15.1. The highest BCUT2D eigenvalue weighted by Gasteiger charge is 2.35. The molecule has 0 saturated heterocycles. The van der Waals surface area contributed by atoms with E-state index in [4.69, 9.17) is 16.3 Å². The molecule has 3 nitrogen and oxygen atoms in total. The number of hydrogen-bond acceptors (Lipinski definition) is 3. The first kappa shape index (κ1) is 14.6.